The number of nitrogens with two attached hydrogens (primary N) is 1. The van der Waals surface area contributed by atoms with E-state index < -0.39 is 29.7 Å². The summed E-state index contributed by atoms with van der Waals surface area (Å²) in [6.45, 7) is 12.7. The number of amides is 3. The fourth-order valence-electron chi connectivity index (χ4n) is 8.02. The van der Waals surface area contributed by atoms with Gasteiger partial charge < -0.3 is 16.4 Å². The number of carbonyl (C=O) groups is 5. The molecule has 0 saturated heterocycles. The zero-order chi connectivity index (χ0) is 31.2. The van der Waals surface area contributed by atoms with Gasteiger partial charge in [-0.05, 0) is 60.2 Å². The summed E-state index contributed by atoms with van der Waals surface area (Å²) in [6.07, 6.45) is 11.4. The lowest BCUT2D eigenvalue weighted by molar-refractivity contribution is -0.140. The lowest BCUT2D eigenvalue weighted by Gasteiger charge is -2.32. The molecule has 0 aromatic rings. The Hall–Kier alpha value is -2.25. The van der Waals surface area contributed by atoms with Gasteiger partial charge in [-0.3, -0.25) is 24.0 Å². The number of ketones is 2. The molecule has 0 aromatic heterocycles. The number of primary amides is 1. The van der Waals surface area contributed by atoms with Crippen LogP contribution in [0.3, 0.4) is 0 Å². The zero-order valence-electron chi connectivity index (χ0n) is 27.1. The molecule has 5 atom stereocenters. The van der Waals surface area contributed by atoms with Crippen molar-refractivity contribution in [1.29, 1.82) is 0 Å². The molecule has 0 radical (unpaired) electrons. The Morgan fingerprint density at radius 2 is 1.50 bits per heavy atom. The van der Waals surface area contributed by atoms with Crippen LogP contribution < -0.4 is 16.4 Å². The molecule has 8 heteroatoms. The highest BCUT2D eigenvalue weighted by molar-refractivity contribution is 6.37. The van der Waals surface area contributed by atoms with Crippen molar-refractivity contribution in [2.24, 2.45) is 46.2 Å². The molecule has 0 spiro atoms. The van der Waals surface area contributed by atoms with E-state index in [-0.39, 0.29) is 58.5 Å². The first-order valence-corrected chi connectivity index (χ1v) is 16.6. The fraction of sp³-hybridized carbons (Fsp3) is 0.853. The Balaban J connectivity index is 1.82. The minimum Gasteiger partial charge on any atom is -0.363 e. The first kappa shape index (κ1) is 34.2. The van der Waals surface area contributed by atoms with Crippen molar-refractivity contribution in [3.8, 4) is 0 Å². The zero-order valence-corrected chi connectivity index (χ0v) is 27.1. The monoisotopic (exact) mass is 587 g/mol. The van der Waals surface area contributed by atoms with Crippen molar-refractivity contribution in [1.82, 2.24) is 10.6 Å². The summed E-state index contributed by atoms with van der Waals surface area (Å²) < 4.78 is 0. The predicted octanol–water partition coefficient (Wildman–Crippen LogP) is 5.25. The van der Waals surface area contributed by atoms with Crippen molar-refractivity contribution < 1.29 is 24.0 Å². The first-order chi connectivity index (χ1) is 19.7. The van der Waals surface area contributed by atoms with Gasteiger partial charge in [-0.15, -0.1) is 0 Å². The molecule has 3 rings (SSSR count). The molecule has 3 aliphatic carbocycles. The molecule has 4 N–H and O–H groups in total. The standard InChI is InChI=1S/C34H57N3O5/c1-7-24-28(34(24,5)6)23(32(42)36-25(30(40)31(35)41)19-21-13-11-12-14-21)20-26(38)29(22-15-9-8-10-16-22)37-27(39)17-18-33(2,3)4/h21-25,28-29H,7-20H2,1-6H3,(H2,35,41)(H,36,42)(H,37,39)/t23?,24?,25?,28-,29-/m0/s1. The van der Waals surface area contributed by atoms with Crippen molar-refractivity contribution >= 4 is 29.3 Å². The van der Waals surface area contributed by atoms with Gasteiger partial charge in [-0.2, -0.15) is 0 Å². The number of carbonyl (C=O) groups excluding carboxylic acids is 5. The smallest absolute Gasteiger partial charge is 0.287 e. The van der Waals surface area contributed by atoms with Crippen LogP contribution in [-0.2, 0) is 24.0 Å². The average molecular weight is 588 g/mol. The Morgan fingerprint density at radius 3 is 2.02 bits per heavy atom. The number of rotatable bonds is 15. The highest BCUT2D eigenvalue weighted by Gasteiger charge is 2.61. The molecule has 3 aliphatic rings. The predicted molar refractivity (Wildman–Crippen MR) is 164 cm³/mol. The molecule has 42 heavy (non-hydrogen) atoms. The quantitative estimate of drug-likeness (QED) is 0.225. The van der Waals surface area contributed by atoms with E-state index in [0.717, 1.165) is 70.6 Å². The van der Waals surface area contributed by atoms with Crippen molar-refractivity contribution in [3.05, 3.63) is 0 Å². The summed E-state index contributed by atoms with van der Waals surface area (Å²) in [6, 6.07) is -1.58. The third-order valence-electron chi connectivity index (χ3n) is 10.6. The molecule has 0 aliphatic heterocycles. The Labute approximate surface area is 253 Å². The minimum atomic E-state index is -1.04. The van der Waals surface area contributed by atoms with Gasteiger partial charge in [0, 0.05) is 18.8 Å². The molecule has 8 nitrogen and oxygen atoms in total. The highest BCUT2D eigenvalue weighted by atomic mass is 16.2. The third kappa shape index (κ3) is 9.12. The van der Waals surface area contributed by atoms with E-state index in [1.807, 2.05) is 0 Å². The van der Waals surface area contributed by atoms with E-state index in [1.54, 1.807) is 0 Å². The van der Waals surface area contributed by atoms with Crippen LogP contribution in [0.2, 0.25) is 0 Å². The van der Waals surface area contributed by atoms with E-state index in [2.05, 4.69) is 52.2 Å². The van der Waals surface area contributed by atoms with Crippen molar-refractivity contribution in [2.75, 3.05) is 0 Å². The summed E-state index contributed by atoms with van der Waals surface area (Å²) in [4.78, 5) is 65.9. The third-order valence-corrected chi connectivity index (χ3v) is 10.6. The van der Waals surface area contributed by atoms with Crippen LogP contribution in [0.25, 0.3) is 0 Å². The van der Waals surface area contributed by atoms with Crippen LogP contribution in [0.5, 0.6) is 0 Å². The molecule has 3 unspecified atom stereocenters. The van der Waals surface area contributed by atoms with Gasteiger partial charge in [0.2, 0.25) is 17.6 Å². The Kier molecular flexibility index (Phi) is 11.8. The van der Waals surface area contributed by atoms with Crippen LogP contribution >= 0.6 is 0 Å². The van der Waals surface area contributed by atoms with Crippen LogP contribution in [0.1, 0.15) is 131 Å². The van der Waals surface area contributed by atoms with E-state index in [1.165, 1.54) is 0 Å². The molecule has 3 fully saturated rings. The van der Waals surface area contributed by atoms with Gasteiger partial charge in [0.05, 0.1) is 12.1 Å². The van der Waals surface area contributed by atoms with Gasteiger partial charge >= 0.3 is 0 Å². The number of Topliss-reactive ketones (excluding diaryl/α,β-unsaturated/α-hetero) is 2. The first-order valence-electron chi connectivity index (χ1n) is 16.6. The molecule has 3 saturated carbocycles. The van der Waals surface area contributed by atoms with E-state index in [0.29, 0.717) is 12.8 Å². The van der Waals surface area contributed by atoms with Crippen LogP contribution in [0.4, 0.5) is 0 Å². The maximum absolute atomic E-state index is 14.1. The summed E-state index contributed by atoms with van der Waals surface area (Å²) >= 11 is 0. The molecule has 0 aromatic carbocycles. The SMILES string of the molecule is CCC1[C@H](C(CC(=O)[C@@H](NC(=O)CCC(C)(C)C)C2CCCCC2)C(=O)NC(CC2CCCC2)C(=O)C(N)=O)C1(C)C. The molecule has 0 bridgehead atoms. The normalized spacial score (nSPS) is 24.8. The van der Waals surface area contributed by atoms with Crippen molar-refractivity contribution in [3.63, 3.8) is 0 Å². The maximum Gasteiger partial charge on any atom is 0.287 e. The summed E-state index contributed by atoms with van der Waals surface area (Å²) in [7, 11) is 0. The van der Waals surface area contributed by atoms with Gasteiger partial charge in [0.1, 0.15) is 0 Å². The average Bonchev–Trinajstić information content (AvgIpc) is 3.21. The van der Waals surface area contributed by atoms with E-state index >= 15 is 0 Å². The molecule has 238 valence electrons. The fourth-order valence-corrected chi connectivity index (χ4v) is 8.02. The largest absolute Gasteiger partial charge is 0.363 e. The molecule has 0 heterocycles. The molecular weight excluding hydrogens is 530 g/mol. The molecule has 3 amide bonds. The minimum absolute atomic E-state index is 0.00890. The summed E-state index contributed by atoms with van der Waals surface area (Å²) in [5.74, 6) is -2.44. The number of nitrogens with one attached hydrogen (secondary N) is 2. The lowest BCUT2D eigenvalue weighted by Crippen LogP contribution is -2.51. The highest BCUT2D eigenvalue weighted by Crippen LogP contribution is 2.64. The second-order valence-corrected chi connectivity index (χ2v) is 15.3. The van der Waals surface area contributed by atoms with Crippen LogP contribution in [0, 0.1) is 40.4 Å². The Bertz CT molecular complexity index is 988. The molecular formula is C34H57N3O5. The number of hydrogen-bond donors (Lipinski definition) is 3. The van der Waals surface area contributed by atoms with Gasteiger partial charge in [0.15, 0.2) is 5.78 Å². The van der Waals surface area contributed by atoms with Crippen LogP contribution in [0.15, 0.2) is 0 Å². The summed E-state index contributed by atoms with van der Waals surface area (Å²) in [5, 5.41) is 6.00. The van der Waals surface area contributed by atoms with Gasteiger partial charge in [0.25, 0.3) is 5.91 Å². The summed E-state index contributed by atoms with van der Waals surface area (Å²) in [5.41, 5.74) is 5.27. The van der Waals surface area contributed by atoms with E-state index in [9.17, 15) is 24.0 Å². The van der Waals surface area contributed by atoms with E-state index in [4.69, 9.17) is 5.73 Å². The van der Waals surface area contributed by atoms with Gasteiger partial charge in [-0.25, -0.2) is 0 Å². The maximum atomic E-state index is 14.1. The van der Waals surface area contributed by atoms with Crippen LogP contribution in [-0.4, -0.2) is 41.4 Å². The van der Waals surface area contributed by atoms with Gasteiger partial charge in [-0.1, -0.05) is 92.9 Å². The Morgan fingerprint density at radius 1 is 0.905 bits per heavy atom. The number of hydrogen-bond acceptors (Lipinski definition) is 5. The topological polar surface area (TPSA) is 135 Å². The van der Waals surface area contributed by atoms with Crippen molar-refractivity contribution in [2.45, 2.75) is 144 Å². The second kappa shape index (κ2) is 14.5. The second-order valence-electron chi connectivity index (χ2n) is 15.3. The lowest BCUT2D eigenvalue weighted by atomic mass is 9.79.